The summed E-state index contributed by atoms with van der Waals surface area (Å²) in [6, 6.07) is 0. The SMILES string of the molecule is CC(C)(OC(=O)OC(C)(C)C1CCSC1)C1CCSC1. The summed E-state index contributed by atoms with van der Waals surface area (Å²) in [4.78, 5) is 12.1. The van der Waals surface area contributed by atoms with Crippen LogP contribution in [-0.4, -0.2) is 40.4 Å². The molecule has 2 aliphatic heterocycles. The Hall–Kier alpha value is -0.0300. The second-order valence-corrected chi connectivity index (χ2v) is 9.08. The van der Waals surface area contributed by atoms with Gasteiger partial charge in [-0.05, 0) is 63.5 Å². The van der Waals surface area contributed by atoms with Gasteiger partial charge in [0.05, 0.1) is 0 Å². The molecule has 2 fully saturated rings. The standard InChI is InChI=1S/C15H26O3S2/c1-14(2,11-5-7-19-9-11)17-13(16)18-15(3,4)12-6-8-20-10-12/h11-12H,5-10H2,1-4H3. The van der Waals surface area contributed by atoms with Gasteiger partial charge in [-0.2, -0.15) is 23.5 Å². The van der Waals surface area contributed by atoms with Crippen LogP contribution in [0.2, 0.25) is 0 Å². The highest BCUT2D eigenvalue weighted by atomic mass is 32.2. The molecule has 3 nitrogen and oxygen atoms in total. The fourth-order valence-electron chi connectivity index (χ4n) is 2.78. The molecule has 20 heavy (non-hydrogen) atoms. The number of carbonyl (C=O) groups excluding carboxylic acids is 1. The van der Waals surface area contributed by atoms with Crippen molar-refractivity contribution in [3.05, 3.63) is 0 Å². The predicted molar refractivity (Wildman–Crippen MR) is 86.6 cm³/mol. The molecule has 0 N–H and O–H groups in total. The van der Waals surface area contributed by atoms with Gasteiger partial charge in [0.25, 0.3) is 0 Å². The predicted octanol–water partition coefficient (Wildman–Crippen LogP) is 4.20. The van der Waals surface area contributed by atoms with E-state index in [-0.39, 0.29) is 0 Å². The van der Waals surface area contributed by atoms with Crippen molar-refractivity contribution in [3.8, 4) is 0 Å². The third kappa shape index (κ3) is 4.00. The lowest BCUT2D eigenvalue weighted by Gasteiger charge is -2.34. The molecule has 0 spiro atoms. The van der Waals surface area contributed by atoms with Crippen LogP contribution in [0.15, 0.2) is 0 Å². The van der Waals surface area contributed by atoms with E-state index in [1.54, 1.807) is 0 Å². The number of thioether (sulfide) groups is 2. The molecule has 0 bridgehead atoms. The quantitative estimate of drug-likeness (QED) is 0.726. The largest absolute Gasteiger partial charge is 0.509 e. The van der Waals surface area contributed by atoms with E-state index in [0.29, 0.717) is 11.8 Å². The first-order valence-electron chi connectivity index (χ1n) is 7.39. The smallest absolute Gasteiger partial charge is 0.428 e. The molecule has 0 saturated carbocycles. The monoisotopic (exact) mass is 318 g/mol. The van der Waals surface area contributed by atoms with Gasteiger partial charge in [-0.25, -0.2) is 4.79 Å². The minimum Gasteiger partial charge on any atom is -0.428 e. The number of ether oxygens (including phenoxy) is 2. The van der Waals surface area contributed by atoms with Crippen LogP contribution in [0.1, 0.15) is 40.5 Å². The Bertz CT molecular complexity index is 311. The van der Waals surface area contributed by atoms with Crippen molar-refractivity contribution >= 4 is 29.7 Å². The van der Waals surface area contributed by atoms with Gasteiger partial charge in [0.15, 0.2) is 0 Å². The molecule has 2 unspecified atom stereocenters. The van der Waals surface area contributed by atoms with Gasteiger partial charge >= 0.3 is 6.16 Å². The number of carbonyl (C=O) groups is 1. The first-order chi connectivity index (χ1) is 9.31. The van der Waals surface area contributed by atoms with E-state index >= 15 is 0 Å². The highest BCUT2D eigenvalue weighted by molar-refractivity contribution is 7.99. The van der Waals surface area contributed by atoms with Crippen molar-refractivity contribution in [2.45, 2.75) is 51.7 Å². The van der Waals surface area contributed by atoms with Crippen molar-refractivity contribution < 1.29 is 14.3 Å². The fourth-order valence-corrected chi connectivity index (χ4v) is 5.72. The van der Waals surface area contributed by atoms with Gasteiger partial charge in [0, 0.05) is 11.8 Å². The van der Waals surface area contributed by atoms with Crippen LogP contribution in [0, 0.1) is 11.8 Å². The third-order valence-electron chi connectivity index (χ3n) is 4.52. The van der Waals surface area contributed by atoms with E-state index in [1.807, 2.05) is 51.2 Å². The van der Waals surface area contributed by atoms with E-state index in [9.17, 15) is 4.79 Å². The minimum absolute atomic E-state index is 0.429. The van der Waals surface area contributed by atoms with E-state index in [2.05, 4.69) is 0 Å². The maximum Gasteiger partial charge on any atom is 0.509 e. The summed E-state index contributed by atoms with van der Waals surface area (Å²) >= 11 is 3.87. The summed E-state index contributed by atoms with van der Waals surface area (Å²) in [6.07, 6.45) is 1.73. The van der Waals surface area contributed by atoms with Gasteiger partial charge in [0.1, 0.15) is 11.2 Å². The molecule has 0 aromatic carbocycles. The molecular formula is C15H26O3S2. The molecule has 2 rings (SSSR count). The summed E-state index contributed by atoms with van der Waals surface area (Å²) in [5.74, 6) is 5.34. The van der Waals surface area contributed by atoms with E-state index in [0.717, 1.165) is 35.9 Å². The molecule has 0 amide bonds. The Labute approximate surface area is 130 Å². The van der Waals surface area contributed by atoms with Gasteiger partial charge in [0.2, 0.25) is 0 Å². The number of hydrogen-bond donors (Lipinski definition) is 0. The van der Waals surface area contributed by atoms with Crippen molar-refractivity contribution in [1.82, 2.24) is 0 Å². The topological polar surface area (TPSA) is 35.5 Å². The summed E-state index contributed by atoms with van der Waals surface area (Å²) in [7, 11) is 0. The second-order valence-electron chi connectivity index (χ2n) is 6.78. The Morgan fingerprint density at radius 3 is 1.60 bits per heavy atom. The molecule has 0 aliphatic carbocycles. The fraction of sp³-hybridized carbons (Fsp3) is 0.933. The molecule has 2 atom stereocenters. The summed E-state index contributed by atoms with van der Waals surface area (Å²) in [6.45, 7) is 8.01. The van der Waals surface area contributed by atoms with Gasteiger partial charge < -0.3 is 9.47 Å². The van der Waals surface area contributed by atoms with E-state index in [4.69, 9.17) is 9.47 Å². The molecule has 2 saturated heterocycles. The first kappa shape index (κ1) is 16.3. The first-order valence-corrected chi connectivity index (χ1v) is 9.70. The molecule has 116 valence electrons. The summed E-state index contributed by atoms with van der Waals surface area (Å²) in [5.41, 5.74) is -0.859. The van der Waals surface area contributed by atoms with Crippen LogP contribution in [0.3, 0.4) is 0 Å². The van der Waals surface area contributed by atoms with Crippen molar-refractivity contribution in [2.24, 2.45) is 11.8 Å². The summed E-state index contributed by atoms with van der Waals surface area (Å²) in [5, 5.41) is 0. The molecule has 0 aromatic heterocycles. The normalized spacial score (nSPS) is 27.6. The Morgan fingerprint density at radius 1 is 0.900 bits per heavy atom. The van der Waals surface area contributed by atoms with Crippen molar-refractivity contribution in [1.29, 1.82) is 0 Å². The maximum atomic E-state index is 12.1. The molecule has 2 aliphatic rings. The molecule has 0 radical (unpaired) electrons. The highest BCUT2D eigenvalue weighted by Crippen LogP contribution is 2.37. The second kappa shape index (κ2) is 6.39. The highest BCUT2D eigenvalue weighted by Gasteiger charge is 2.40. The zero-order valence-corrected chi connectivity index (χ0v) is 14.6. The van der Waals surface area contributed by atoms with Crippen LogP contribution in [0.4, 0.5) is 4.79 Å². The van der Waals surface area contributed by atoms with Gasteiger partial charge in [-0.1, -0.05) is 0 Å². The van der Waals surface area contributed by atoms with Crippen LogP contribution in [-0.2, 0) is 9.47 Å². The Morgan fingerprint density at radius 2 is 1.30 bits per heavy atom. The van der Waals surface area contributed by atoms with Crippen molar-refractivity contribution in [3.63, 3.8) is 0 Å². The maximum absolute atomic E-state index is 12.1. The van der Waals surface area contributed by atoms with Crippen LogP contribution in [0.5, 0.6) is 0 Å². The average Bonchev–Trinajstić information content (AvgIpc) is 3.02. The zero-order valence-electron chi connectivity index (χ0n) is 12.9. The third-order valence-corrected chi connectivity index (χ3v) is 6.84. The molecule has 2 heterocycles. The van der Waals surface area contributed by atoms with E-state index < -0.39 is 17.4 Å². The minimum atomic E-state index is -0.506. The summed E-state index contributed by atoms with van der Waals surface area (Å²) < 4.78 is 11.3. The molecule has 0 aromatic rings. The average molecular weight is 319 g/mol. The van der Waals surface area contributed by atoms with Crippen LogP contribution < -0.4 is 0 Å². The Balaban J connectivity index is 1.87. The molecule has 5 heteroatoms. The Kier molecular flexibility index (Phi) is 5.22. The lowest BCUT2D eigenvalue weighted by molar-refractivity contribution is -0.0878. The number of rotatable bonds is 4. The van der Waals surface area contributed by atoms with Crippen LogP contribution in [0.25, 0.3) is 0 Å². The van der Waals surface area contributed by atoms with Crippen molar-refractivity contribution in [2.75, 3.05) is 23.0 Å². The van der Waals surface area contributed by atoms with E-state index in [1.165, 1.54) is 0 Å². The van der Waals surface area contributed by atoms with Gasteiger partial charge in [-0.15, -0.1) is 0 Å². The molecular weight excluding hydrogens is 292 g/mol. The number of hydrogen-bond acceptors (Lipinski definition) is 5. The van der Waals surface area contributed by atoms with Crippen LogP contribution >= 0.6 is 23.5 Å². The lowest BCUT2D eigenvalue weighted by Crippen LogP contribution is -2.42. The lowest BCUT2D eigenvalue weighted by atomic mass is 9.90. The van der Waals surface area contributed by atoms with Gasteiger partial charge in [-0.3, -0.25) is 0 Å². The zero-order chi connectivity index (χ0) is 14.8.